The van der Waals surface area contributed by atoms with E-state index in [9.17, 15) is 9.59 Å². The van der Waals surface area contributed by atoms with E-state index in [-0.39, 0.29) is 5.91 Å². The van der Waals surface area contributed by atoms with Crippen LogP contribution in [0.5, 0.6) is 0 Å². The molecule has 1 N–H and O–H groups in total. The van der Waals surface area contributed by atoms with Crippen molar-refractivity contribution in [3.63, 3.8) is 0 Å². The monoisotopic (exact) mass is 448 g/mol. The number of nitrogens with zero attached hydrogens (tertiary/aromatic N) is 1. The lowest BCUT2D eigenvalue weighted by Crippen LogP contribution is -2.52. The zero-order valence-corrected chi connectivity index (χ0v) is 19.9. The van der Waals surface area contributed by atoms with E-state index in [1.54, 1.807) is 0 Å². The first-order valence-electron chi connectivity index (χ1n) is 11.7. The second kappa shape index (κ2) is 10.7. The predicted molar refractivity (Wildman–Crippen MR) is 124 cm³/mol. The fourth-order valence-corrected chi connectivity index (χ4v) is 5.05. The first kappa shape index (κ1) is 23.9. The molecule has 5 nitrogen and oxygen atoms in total. The van der Waals surface area contributed by atoms with Crippen LogP contribution in [-0.2, 0) is 16.0 Å². The van der Waals surface area contributed by atoms with E-state index in [4.69, 9.17) is 16.3 Å². The minimum Gasteiger partial charge on any atom is -0.444 e. The molecule has 1 heterocycles. The Bertz CT molecular complexity index is 730. The molecule has 0 radical (unpaired) electrons. The van der Waals surface area contributed by atoms with Crippen molar-refractivity contribution in [1.82, 2.24) is 10.2 Å². The van der Waals surface area contributed by atoms with Crippen molar-refractivity contribution in [3.05, 3.63) is 34.9 Å². The summed E-state index contributed by atoms with van der Waals surface area (Å²) in [5.41, 5.74) is 0.340. The van der Waals surface area contributed by atoms with Crippen molar-refractivity contribution in [3.8, 4) is 0 Å². The number of halogens is 1. The van der Waals surface area contributed by atoms with Crippen molar-refractivity contribution >= 4 is 23.6 Å². The molecule has 1 saturated carbocycles. The molecule has 1 aromatic carbocycles. The minimum atomic E-state index is -0.651. The van der Waals surface area contributed by atoms with E-state index < -0.39 is 17.7 Å². The van der Waals surface area contributed by atoms with E-state index in [0.29, 0.717) is 11.4 Å². The van der Waals surface area contributed by atoms with Crippen molar-refractivity contribution in [2.45, 2.75) is 83.8 Å². The Morgan fingerprint density at radius 2 is 1.61 bits per heavy atom. The molecular weight excluding hydrogens is 412 g/mol. The summed E-state index contributed by atoms with van der Waals surface area (Å²) in [6.45, 7) is 7.00. The zero-order chi connectivity index (χ0) is 22.4. The summed E-state index contributed by atoms with van der Waals surface area (Å²) in [4.78, 5) is 27.7. The molecular formula is C25H37ClN2O3. The van der Waals surface area contributed by atoms with Gasteiger partial charge >= 0.3 is 6.09 Å². The minimum absolute atomic E-state index is 0.0251. The molecule has 2 fully saturated rings. The number of benzene rings is 1. The van der Waals surface area contributed by atoms with Crippen LogP contribution in [0.1, 0.15) is 71.3 Å². The summed E-state index contributed by atoms with van der Waals surface area (Å²) in [7, 11) is 0. The molecule has 172 valence electrons. The van der Waals surface area contributed by atoms with Crippen LogP contribution in [0.15, 0.2) is 24.3 Å². The molecule has 1 aliphatic carbocycles. The third-order valence-corrected chi connectivity index (χ3v) is 6.76. The summed E-state index contributed by atoms with van der Waals surface area (Å²) in [5.74, 6) is 1.54. The fraction of sp³-hybridized carbons (Fsp3) is 0.680. The number of hydrogen-bond acceptors (Lipinski definition) is 3. The summed E-state index contributed by atoms with van der Waals surface area (Å²) in [6, 6.07) is 6.76. The normalized spacial score (nSPS) is 19.7. The van der Waals surface area contributed by atoms with Gasteiger partial charge in [-0.1, -0.05) is 55.8 Å². The highest BCUT2D eigenvalue weighted by Crippen LogP contribution is 2.35. The van der Waals surface area contributed by atoms with Crippen molar-refractivity contribution in [1.29, 1.82) is 0 Å². The maximum absolute atomic E-state index is 13.4. The molecule has 0 unspecified atom stereocenters. The molecule has 2 aliphatic rings. The standard InChI is InChI=1S/C25H37ClN2O3/c1-25(2,3)31-24(30)27-22(17-18-9-11-21(26)12-10-18)23(29)28-15-13-20(14-16-28)19-7-5-4-6-8-19/h9-12,19-20,22H,4-8,13-17H2,1-3H3,(H,27,30)/t22-/m1/s1. The third-order valence-electron chi connectivity index (χ3n) is 6.51. The quantitative estimate of drug-likeness (QED) is 0.638. The lowest BCUT2D eigenvalue weighted by molar-refractivity contribution is -0.135. The van der Waals surface area contributed by atoms with Crippen molar-refractivity contribution < 1.29 is 14.3 Å². The molecule has 1 atom stereocenters. The van der Waals surface area contributed by atoms with E-state index in [1.807, 2.05) is 49.9 Å². The summed E-state index contributed by atoms with van der Waals surface area (Å²) >= 11 is 6.00. The number of amides is 2. The lowest BCUT2D eigenvalue weighted by Gasteiger charge is -2.39. The maximum atomic E-state index is 13.4. The summed E-state index contributed by atoms with van der Waals surface area (Å²) in [6.07, 6.45) is 8.76. The van der Waals surface area contributed by atoms with Gasteiger partial charge in [-0.05, 0) is 63.1 Å². The van der Waals surface area contributed by atoms with E-state index in [1.165, 1.54) is 32.1 Å². The first-order chi connectivity index (χ1) is 14.7. The van der Waals surface area contributed by atoms with Crippen LogP contribution >= 0.6 is 11.6 Å². The average Bonchev–Trinajstić information content (AvgIpc) is 2.74. The van der Waals surface area contributed by atoms with E-state index >= 15 is 0 Å². The molecule has 1 aromatic rings. The highest BCUT2D eigenvalue weighted by atomic mass is 35.5. The lowest BCUT2D eigenvalue weighted by atomic mass is 9.76. The summed E-state index contributed by atoms with van der Waals surface area (Å²) < 4.78 is 5.42. The van der Waals surface area contributed by atoms with Crippen molar-refractivity contribution in [2.75, 3.05) is 13.1 Å². The van der Waals surface area contributed by atoms with Gasteiger partial charge in [-0.25, -0.2) is 4.79 Å². The largest absolute Gasteiger partial charge is 0.444 e. The van der Waals surface area contributed by atoms with Gasteiger partial charge in [0.15, 0.2) is 0 Å². The van der Waals surface area contributed by atoms with Crippen LogP contribution < -0.4 is 5.32 Å². The Morgan fingerprint density at radius 3 is 2.19 bits per heavy atom. The number of carbonyl (C=O) groups is 2. The highest BCUT2D eigenvalue weighted by molar-refractivity contribution is 6.30. The predicted octanol–water partition coefficient (Wildman–Crippen LogP) is 5.59. The molecule has 0 aromatic heterocycles. The number of likely N-dealkylation sites (tertiary alicyclic amines) is 1. The first-order valence-corrected chi connectivity index (χ1v) is 12.1. The Balaban J connectivity index is 1.63. The molecule has 1 saturated heterocycles. The van der Waals surface area contributed by atoms with Crippen molar-refractivity contribution in [2.24, 2.45) is 11.8 Å². The van der Waals surface area contributed by atoms with Crippen LogP contribution in [0.2, 0.25) is 5.02 Å². The Kier molecular flexibility index (Phi) is 8.26. The van der Waals surface area contributed by atoms with Gasteiger partial charge in [0.25, 0.3) is 0 Å². The highest BCUT2D eigenvalue weighted by Gasteiger charge is 2.33. The Labute approximate surface area is 191 Å². The van der Waals surface area contributed by atoms with Gasteiger partial charge in [0.05, 0.1) is 0 Å². The van der Waals surface area contributed by atoms with Crippen LogP contribution in [-0.4, -0.2) is 41.6 Å². The van der Waals surface area contributed by atoms with Gasteiger partial charge < -0.3 is 15.0 Å². The second-order valence-corrected chi connectivity index (χ2v) is 10.5. The zero-order valence-electron chi connectivity index (χ0n) is 19.2. The second-order valence-electron chi connectivity index (χ2n) is 10.1. The van der Waals surface area contributed by atoms with Gasteiger partial charge in [-0.2, -0.15) is 0 Å². The third kappa shape index (κ3) is 7.41. The number of nitrogens with one attached hydrogen (secondary N) is 1. The van der Waals surface area contributed by atoms with Gasteiger partial charge in [0, 0.05) is 24.5 Å². The number of rotatable bonds is 5. The summed E-state index contributed by atoms with van der Waals surface area (Å²) in [5, 5.41) is 3.47. The maximum Gasteiger partial charge on any atom is 0.408 e. The SMILES string of the molecule is CC(C)(C)OC(=O)N[C@H](Cc1ccc(Cl)cc1)C(=O)N1CCC(C2CCCCC2)CC1. The molecule has 2 amide bonds. The Morgan fingerprint density at radius 1 is 1.03 bits per heavy atom. The molecule has 31 heavy (non-hydrogen) atoms. The molecule has 6 heteroatoms. The molecule has 0 spiro atoms. The van der Waals surface area contributed by atoms with E-state index in [2.05, 4.69) is 5.32 Å². The molecule has 1 aliphatic heterocycles. The topological polar surface area (TPSA) is 58.6 Å². The number of piperidine rings is 1. The number of hydrogen-bond donors (Lipinski definition) is 1. The number of carbonyl (C=O) groups excluding carboxylic acids is 2. The van der Waals surface area contributed by atoms with Gasteiger partial charge in [0.2, 0.25) is 5.91 Å². The van der Waals surface area contributed by atoms with Crippen LogP contribution in [0.4, 0.5) is 4.79 Å². The van der Waals surface area contributed by atoms with Gasteiger partial charge in [-0.15, -0.1) is 0 Å². The van der Waals surface area contributed by atoms with E-state index in [0.717, 1.165) is 43.3 Å². The molecule has 0 bridgehead atoms. The average molecular weight is 449 g/mol. The van der Waals surface area contributed by atoms with Crippen LogP contribution in [0.25, 0.3) is 0 Å². The fourth-order valence-electron chi connectivity index (χ4n) is 4.92. The number of alkyl carbamates (subject to hydrolysis) is 1. The van der Waals surface area contributed by atoms with Crippen LogP contribution in [0, 0.1) is 11.8 Å². The number of ether oxygens (including phenoxy) is 1. The van der Waals surface area contributed by atoms with Crippen LogP contribution in [0.3, 0.4) is 0 Å². The molecule has 3 rings (SSSR count). The smallest absolute Gasteiger partial charge is 0.408 e. The van der Waals surface area contributed by atoms with Gasteiger partial charge in [-0.3, -0.25) is 4.79 Å². The van der Waals surface area contributed by atoms with Gasteiger partial charge in [0.1, 0.15) is 11.6 Å². The Hall–Kier alpha value is -1.75.